The van der Waals surface area contributed by atoms with E-state index in [2.05, 4.69) is 87.6 Å². The number of pyridine rings is 1. The Hall–Kier alpha value is -3.87. The van der Waals surface area contributed by atoms with Crippen molar-refractivity contribution in [3.63, 3.8) is 0 Å². The van der Waals surface area contributed by atoms with Crippen LogP contribution in [0.1, 0.15) is 73.2 Å². The third kappa shape index (κ3) is 4.54. The van der Waals surface area contributed by atoms with E-state index in [-0.39, 0.29) is 0 Å². The molecular weight excluding hydrogens is 458 g/mol. The first kappa shape index (κ1) is 23.5. The highest BCUT2D eigenvalue weighted by Crippen LogP contribution is 2.38. The number of tetrazole rings is 1. The number of aromatic amines is 1. The standard InChI is InChI=1S/C30H33N7/c1-4-27-32-28-19(2)16-20(3)31-30(28)37(27)18-21-10-12-23(13-11-21)26-17-24(22-8-6-5-7-9-22)14-15-25(26)29-33-35-36-34-29/h10-17,22H,4-9,18H2,1-3H3,(H,33,34,35,36). The van der Waals surface area contributed by atoms with Crippen molar-refractivity contribution < 1.29 is 0 Å². The van der Waals surface area contributed by atoms with Crippen LogP contribution in [-0.2, 0) is 13.0 Å². The summed E-state index contributed by atoms with van der Waals surface area (Å²) in [7, 11) is 0. The molecule has 188 valence electrons. The second kappa shape index (κ2) is 9.88. The van der Waals surface area contributed by atoms with Crippen molar-refractivity contribution in [2.24, 2.45) is 0 Å². The first-order chi connectivity index (χ1) is 18.1. The summed E-state index contributed by atoms with van der Waals surface area (Å²) in [5.74, 6) is 2.33. The van der Waals surface area contributed by atoms with Crippen molar-refractivity contribution in [1.29, 1.82) is 0 Å². The highest BCUT2D eigenvalue weighted by atomic mass is 15.5. The van der Waals surface area contributed by atoms with Crippen LogP contribution in [-0.4, -0.2) is 35.2 Å². The van der Waals surface area contributed by atoms with E-state index < -0.39 is 0 Å². The van der Waals surface area contributed by atoms with E-state index in [9.17, 15) is 0 Å². The molecule has 37 heavy (non-hydrogen) atoms. The molecule has 0 bridgehead atoms. The molecule has 0 saturated heterocycles. The summed E-state index contributed by atoms with van der Waals surface area (Å²) < 4.78 is 2.26. The Balaban J connectivity index is 1.36. The number of benzene rings is 2. The summed E-state index contributed by atoms with van der Waals surface area (Å²) in [4.78, 5) is 9.74. The number of hydrogen-bond donors (Lipinski definition) is 1. The summed E-state index contributed by atoms with van der Waals surface area (Å²) >= 11 is 0. The smallest absolute Gasteiger partial charge is 0.205 e. The molecule has 1 fully saturated rings. The van der Waals surface area contributed by atoms with Crippen LogP contribution in [0.15, 0.2) is 48.5 Å². The number of hydrogen-bond acceptors (Lipinski definition) is 5. The van der Waals surface area contributed by atoms with Crippen LogP contribution in [0.4, 0.5) is 0 Å². The molecule has 1 aliphatic carbocycles. The van der Waals surface area contributed by atoms with Crippen LogP contribution in [0.5, 0.6) is 0 Å². The van der Waals surface area contributed by atoms with E-state index in [1.54, 1.807) is 0 Å². The molecule has 0 unspecified atom stereocenters. The van der Waals surface area contributed by atoms with Crippen LogP contribution < -0.4 is 0 Å². The van der Waals surface area contributed by atoms with Gasteiger partial charge in [-0.2, -0.15) is 5.21 Å². The lowest BCUT2D eigenvalue weighted by molar-refractivity contribution is 0.444. The molecular formula is C30H33N7. The largest absolute Gasteiger partial charge is 0.308 e. The maximum absolute atomic E-state index is 4.90. The molecule has 3 aromatic heterocycles. The monoisotopic (exact) mass is 491 g/mol. The summed E-state index contributed by atoms with van der Waals surface area (Å²) in [5.41, 5.74) is 10.1. The minimum Gasteiger partial charge on any atom is -0.308 e. The fourth-order valence-electron chi connectivity index (χ4n) is 5.82. The summed E-state index contributed by atoms with van der Waals surface area (Å²) in [6.07, 6.45) is 7.40. The number of rotatable bonds is 6. The van der Waals surface area contributed by atoms with E-state index >= 15 is 0 Å². The SMILES string of the molecule is CCc1nc2c(C)cc(C)nc2n1Cc1ccc(-c2cc(C3CCCCC3)ccc2-c2nn[nH]n2)cc1. The molecule has 0 spiro atoms. The predicted octanol–water partition coefficient (Wildman–Crippen LogP) is 6.55. The zero-order chi connectivity index (χ0) is 25.4. The third-order valence-corrected chi connectivity index (χ3v) is 7.73. The quantitative estimate of drug-likeness (QED) is 0.291. The van der Waals surface area contributed by atoms with Gasteiger partial charge in [0.2, 0.25) is 5.82 Å². The maximum atomic E-state index is 4.90. The van der Waals surface area contributed by atoms with Crippen LogP contribution in [0.25, 0.3) is 33.7 Å². The van der Waals surface area contributed by atoms with Crippen molar-refractivity contribution in [2.45, 2.75) is 71.8 Å². The number of aryl methyl sites for hydroxylation is 3. The molecule has 1 N–H and O–H groups in total. The minimum atomic E-state index is 0.628. The predicted molar refractivity (Wildman–Crippen MR) is 146 cm³/mol. The Morgan fingerprint density at radius 2 is 1.73 bits per heavy atom. The van der Waals surface area contributed by atoms with Crippen LogP contribution in [0.3, 0.4) is 0 Å². The van der Waals surface area contributed by atoms with E-state index in [1.807, 2.05) is 6.92 Å². The Labute approximate surface area is 217 Å². The van der Waals surface area contributed by atoms with Gasteiger partial charge in [0.1, 0.15) is 11.3 Å². The number of H-pyrrole nitrogens is 1. The van der Waals surface area contributed by atoms with Crippen LogP contribution in [0.2, 0.25) is 0 Å². The van der Waals surface area contributed by atoms with Crippen LogP contribution >= 0.6 is 0 Å². The number of imidazole rings is 1. The topological polar surface area (TPSA) is 85.2 Å². The lowest BCUT2D eigenvalue weighted by Gasteiger charge is -2.23. The lowest BCUT2D eigenvalue weighted by atomic mass is 9.82. The molecule has 1 saturated carbocycles. The first-order valence-corrected chi connectivity index (χ1v) is 13.4. The lowest BCUT2D eigenvalue weighted by Crippen LogP contribution is -2.06. The molecule has 0 amide bonds. The second-order valence-corrected chi connectivity index (χ2v) is 10.3. The van der Waals surface area contributed by atoms with Crippen molar-refractivity contribution in [2.75, 3.05) is 0 Å². The van der Waals surface area contributed by atoms with E-state index in [0.29, 0.717) is 11.7 Å². The van der Waals surface area contributed by atoms with E-state index in [1.165, 1.54) is 48.8 Å². The molecule has 1 aliphatic rings. The molecule has 2 aromatic carbocycles. The van der Waals surface area contributed by atoms with Crippen molar-refractivity contribution >= 4 is 11.2 Å². The maximum Gasteiger partial charge on any atom is 0.205 e. The Morgan fingerprint density at radius 3 is 2.46 bits per heavy atom. The zero-order valence-electron chi connectivity index (χ0n) is 21.8. The van der Waals surface area contributed by atoms with Gasteiger partial charge in [-0.15, -0.1) is 10.2 Å². The van der Waals surface area contributed by atoms with E-state index in [4.69, 9.17) is 9.97 Å². The number of aromatic nitrogens is 7. The summed E-state index contributed by atoms with van der Waals surface area (Å²) in [5, 5.41) is 15.0. The van der Waals surface area contributed by atoms with Gasteiger partial charge in [-0.25, -0.2) is 9.97 Å². The Kier molecular flexibility index (Phi) is 6.28. The highest BCUT2D eigenvalue weighted by Gasteiger charge is 2.19. The second-order valence-electron chi connectivity index (χ2n) is 10.3. The van der Waals surface area contributed by atoms with Crippen molar-refractivity contribution in [3.8, 4) is 22.5 Å². The fraction of sp³-hybridized carbons (Fsp3) is 0.367. The van der Waals surface area contributed by atoms with Gasteiger partial charge >= 0.3 is 0 Å². The van der Waals surface area contributed by atoms with Gasteiger partial charge in [-0.05, 0) is 71.7 Å². The molecule has 0 aliphatic heterocycles. The Bertz CT molecular complexity index is 1530. The molecule has 0 atom stereocenters. The number of fused-ring (bicyclic) bond motifs is 1. The number of nitrogens with one attached hydrogen (secondary N) is 1. The molecule has 7 heteroatoms. The van der Waals surface area contributed by atoms with Gasteiger partial charge in [0.15, 0.2) is 5.65 Å². The molecule has 5 aromatic rings. The fourth-order valence-corrected chi connectivity index (χ4v) is 5.82. The first-order valence-electron chi connectivity index (χ1n) is 13.4. The van der Waals surface area contributed by atoms with Gasteiger partial charge in [-0.3, -0.25) is 0 Å². The van der Waals surface area contributed by atoms with Crippen molar-refractivity contribution in [3.05, 3.63) is 76.7 Å². The average molecular weight is 492 g/mol. The Morgan fingerprint density at radius 1 is 0.919 bits per heavy atom. The van der Waals surface area contributed by atoms with Crippen molar-refractivity contribution in [1.82, 2.24) is 35.2 Å². The van der Waals surface area contributed by atoms with Gasteiger partial charge in [0.25, 0.3) is 0 Å². The third-order valence-electron chi connectivity index (χ3n) is 7.73. The average Bonchev–Trinajstić information content (AvgIpc) is 3.58. The zero-order valence-corrected chi connectivity index (χ0v) is 21.8. The normalized spacial score (nSPS) is 14.5. The van der Waals surface area contributed by atoms with Gasteiger partial charge in [0.05, 0.1) is 6.54 Å². The molecule has 7 nitrogen and oxygen atoms in total. The summed E-state index contributed by atoms with van der Waals surface area (Å²) in [6.45, 7) is 7.07. The van der Waals surface area contributed by atoms with Gasteiger partial charge < -0.3 is 4.57 Å². The van der Waals surface area contributed by atoms with Gasteiger partial charge in [-0.1, -0.05) is 68.7 Å². The summed E-state index contributed by atoms with van der Waals surface area (Å²) in [6, 6.07) is 17.8. The molecule has 6 rings (SSSR count). The number of nitrogens with zero attached hydrogens (tertiary/aromatic N) is 6. The highest BCUT2D eigenvalue weighted by molar-refractivity contribution is 5.81. The minimum absolute atomic E-state index is 0.628. The van der Waals surface area contributed by atoms with Gasteiger partial charge in [0, 0.05) is 17.7 Å². The molecule has 3 heterocycles. The molecule has 0 radical (unpaired) electrons. The van der Waals surface area contributed by atoms with E-state index in [0.717, 1.165) is 52.3 Å². The van der Waals surface area contributed by atoms with Crippen LogP contribution in [0, 0.1) is 13.8 Å².